The number of hydrogen-bond acceptors (Lipinski definition) is 12. The van der Waals surface area contributed by atoms with Crippen LogP contribution in [0.15, 0.2) is 23.4 Å². The fraction of sp³-hybridized carbons (Fsp3) is 0.235. The lowest BCUT2D eigenvalue weighted by molar-refractivity contribution is -0.385. The molecule has 0 spiro atoms. The Morgan fingerprint density at radius 2 is 2.03 bits per heavy atom. The summed E-state index contributed by atoms with van der Waals surface area (Å²) in [6.07, 6.45) is 0.748. The highest BCUT2D eigenvalue weighted by Crippen LogP contribution is 2.37. The maximum Gasteiger partial charge on any atom is 0.373 e. The molecule has 0 aliphatic heterocycles. The van der Waals surface area contributed by atoms with Gasteiger partial charge in [0.05, 0.1) is 28.7 Å². The molecule has 14 nitrogen and oxygen atoms in total. The monoisotopic (exact) mass is 464 g/mol. The molecule has 0 atom stereocenters. The zero-order valence-electron chi connectivity index (χ0n) is 16.7. The van der Waals surface area contributed by atoms with E-state index in [2.05, 4.69) is 15.3 Å². The summed E-state index contributed by atoms with van der Waals surface area (Å²) >= 11 is 0. The van der Waals surface area contributed by atoms with Crippen LogP contribution in [0.2, 0.25) is 0 Å². The molecule has 0 bridgehead atoms. The van der Waals surface area contributed by atoms with Gasteiger partial charge in [-0.15, -0.1) is 0 Å². The Kier molecular flexibility index (Phi) is 7.23. The number of anilines is 1. The lowest BCUT2D eigenvalue weighted by Gasteiger charge is -2.12. The van der Waals surface area contributed by atoms with Crippen LogP contribution in [0.25, 0.3) is 0 Å². The molecule has 168 valence electrons. The van der Waals surface area contributed by atoms with Crippen LogP contribution in [-0.4, -0.2) is 54.6 Å². The number of nitriles is 1. The Hall–Kier alpha value is -4.32. The highest BCUT2D eigenvalue weighted by atomic mass is 32.2. The first-order valence-electron chi connectivity index (χ1n) is 8.65. The van der Waals surface area contributed by atoms with Gasteiger partial charge in [-0.3, -0.25) is 19.7 Å². The molecular weight excluding hydrogens is 448 g/mol. The third-order valence-electron chi connectivity index (χ3n) is 3.63. The minimum absolute atomic E-state index is 0.0192. The lowest BCUT2D eigenvalue weighted by Crippen LogP contribution is -2.19. The van der Waals surface area contributed by atoms with E-state index in [0.717, 1.165) is 18.4 Å². The second kappa shape index (κ2) is 9.66. The van der Waals surface area contributed by atoms with Crippen LogP contribution in [0.5, 0.6) is 11.6 Å². The number of esters is 1. The first-order chi connectivity index (χ1) is 15.0. The van der Waals surface area contributed by atoms with Gasteiger partial charge < -0.3 is 20.5 Å². The topological polar surface area (TPSA) is 217 Å². The van der Waals surface area contributed by atoms with E-state index >= 15 is 0 Å². The smallest absolute Gasteiger partial charge is 0.373 e. The van der Waals surface area contributed by atoms with E-state index in [9.17, 15) is 28.1 Å². The number of carbonyl (C=O) groups excluding carboxylic acids is 2. The zero-order valence-corrected chi connectivity index (χ0v) is 17.5. The summed E-state index contributed by atoms with van der Waals surface area (Å²) in [5.41, 5.74) is 4.11. The van der Waals surface area contributed by atoms with Crippen molar-refractivity contribution in [3.05, 3.63) is 39.4 Å². The van der Waals surface area contributed by atoms with Gasteiger partial charge in [0.1, 0.15) is 12.3 Å². The molecule has 1 aromatic carbocycles. The van der Waals surface area contributed by atoms with Crippen LogP contribution >= 0.6 is 0 Å². The number of amides is 1. The van der Waals surface area contributed by atoms with E-state index in [1.165, 1.54) is 6.07 Å². The second-order valence-electron chi connectivity index (χ2n) is 5.99. The van der Waals surface area contributed by atoms with Crippen LogP contribution < -0.4 is 15.8 Å². The molecule has 3 N–H and O–H groups in total. The number of rotatable bonds is 9. The summed E-state index contributed by atoms with van der Waals surface area (Å²) in [6, 6.07) is 5.27. The minimum atomic E-state index is -4.10. The molecule has 0 aliphatic carbocycles. The van der Waals surface area contributed by atoms with Gasteiger partial charge in [-0.2, -0.15) is 15.2 Å². The minimum Gasteiger partial charge on any atom is -0.465 e. The van der Waals surface area contributed by atoms with Gasteiger partial charge in [-0.1, -0.05) is 0 Å². The Labute approximate surface area is 181 Å². The number of aromatic nitrogens is 2. The van der Waals surface area contributed by atoms with Crippen molar-refractivity contribution < 1.29 is 32.4 Å². The van der Waals surface area contributed by atoms with Crippen molar-refractivity contribution in [3.63, 3.8) is 0 Å². The molecule has 2 aromatic rings. The number of carbonyl (C=O) groups is 2. The summed E-state index contributed by atoms with van der Waals surface area (Å²) in [4.78, 5) is 41.2. The summed E-state index contributed by atoms with van der Waals surface area (Å²) in [5.74, 6) is -3.67. The molecule has 0 fully saturated rings. The van der Waals surface area contributed by atoms with Crippen molar-refractivity contribution in [3.8, 4) is 17.7 Å². The van der Waals surface area contributed by atoms with E-state index in [1.807, 2.05) is 0 Å². The Morgan fingerprint density at radius 1 is 1.34 bits per heavy atom. The van der Waals surface area contributed by atoms with E-state index in [0.29, 0.717) is 0 Å². The number of sulfone groups is 1. The van der Waals surface area contributed by atoms with Crippen molar-refractivity contribution in [2.24, 2.45) is 5.73 Å². The van der Waals surface area contributed by atoms with Gasteiger partial charge in [0, 0.05) is 6.26 Å². The number of nitrogens with zero attached hydrogens (tertiary/aromatic N) is 4. The van der Waals surface area contributed by atoms with E-state index < -0.39 is 55.7 Å². The van der Waals surface area contributed by atoms with Crippen molar-refractivity contribution in [2.45, 2.75) is 12.1 Å². The standard InChI is InChI=1S/C17H16N6O8S/c1-3-30-12(24)8-20-15-13(23(26)27)16(22-17(21-15)32(2,28)29)31-11-6-9(7-18)4-5-10(11)14(19)25/h4-6H,3,8H2,1-2H3,(H2,19,25)(H,20,21,22). The lowest BCUT2D eigenvalue weighted by atomic mass is 10.1. The van der Waals surface area contributed by atoms with E-state index in [1.54, 1.807) is 13.0 Å². The van der Waals surface area contributed by atoms with E-state index in [4.69, 9.17) is 20.5 Å². The molecule has 32 heavy (non-hydrogen) atoms. The van der Waals surface area contributed by atoms with Gasteiger partial charge in [0.25, 0.3) is 11.1 Å². The Bertz CT molecular complexity index is 1240. The number of hydrogen-bond donors (Lipinski definition) is 2. The van der Waals surface area contributed by atoms with Crippen LogP contribution in [0, 0.1) is 21.4 Å². The fourth-order valence-electron chi connectivity index (χ4n) is 2.29. The SMILES string of the molecule is CCOC(=O)CNc1nc(S(C)(=O)=O)nc(Oc2cc(C#N)ccc2C(N)=O)c1[N+](=O)[O-]. The maximum absolute atomic E-state index is 12.0. The quantitative estimate of drug-likeness (QED) is 0.225. The number of nitrogens with two attached hydrogens (primary N) is 1. The van der Waals surface area contributed by atoms with Gasteiger partial charge >= 0.3 is 17.5 Å². The number of nitrogens with one attached hydrogen (secondary N) is 1. The zero-order chi connectivity index (χ0) is 24.1. The summed E-state index contributed by atoms with van der Waals surface area (Å²) in [7, 11) is -4.10. The number of nitro groups is 1. The highest BCUT2D eigenvalue weighted by Gasteiger charge is 2.31. The molecule has 0 saturated heterocycles. The van der Waals surface area contributed by atoms with E-state index in [-0.39, 0.29) is 23.5 Å². The second-order valence-corrected chi connectivity index (χ2v) is 7.89. The molecule has 0 unspecified atom stereocenters. The predicted octanol–water partition coefficient (Wildman–Crippen LogP) is 0.526. The summed E-state index contributed by atoms with van der Waals surface area (Å²) in [6.45, 7) is 1.01. The van der Waals surface area contributed by atoms with Crippen LogP contribution in [0.3, 0.4) is 0 Å². The Morgan fingerprint density at radius 3 is 2.56 bits per heavy atom. The normalized spacial score (nSPS) is 10.7. The average molecular weight is 464 g/mol. The molecule has 1 aromatic heterocycles. The van der Waals surface area contributed by atoms with Crippen molar-refractivity contribution in [1.82, 2.24) is 9.97 Å². The molecular formula is C17H16N6O8S. The van der Waals surface area contributed by atoms with Gasteiger partial charge in [0.2, 0.25) is 15.7 Å². The first-order valence-corrected chi connectivity index (χ1v) is 10.5. The summed E-state index contributed by atoms with van der Waals surface area (Å²) < 4.78 is 34.1. The van der Waals surface area contributed by atoms with Crippen molar-refractivity contribution in [2.75, 3.05) is 24.7 Å². The van der Waals surface area contributed by atoms with Crippen molar-refractivity contribution >= 4 is 33.2 Å². The number of ether oxygens (including phenoxy) is 2. The molecule has 1 amide bonds. The van der Waals surface area contributed by atoms with Crippen LogP contribution in [-0.2, 0) is 19.4 Å². The summed E-state index contributed by atoms with van der Waals surface area (Å²) in [5, 5.41) is 22.2. The fourth-order valence-corrected chi connectivity index (χ4v) is 2.80. The van der Waals surface area contributed by atoms with Gasteiger partial charge in [0.15, 0.2) is 0 Å². The highest BCUT2D eigenvalue weighted by molar-refractivity contribution is 7.90. The average Bonchev–Trinajstić information content (AvgIpc) is 2.70. The molecule has 1 heterocycles. The molecule has 0 saturated carbocycles. The largest absolute Gasteiger partial charge is 0.465 e. The van der Waals surface area contributed by atoms with Crippen LogP contribution in [0.4, 0.5) is 11.5 Å². The maximum atomic E-state index is 12.0. The molecule has 2 rings (SSSR count). The Balaban J connectivity index is 2.69. The third kappa shape index (κ3) is 5.64. The number of benzene rings is 1. The predicted molar refractivity (Wildman–Crippen MR) is 107 cm³/mol. The molecule has 15 heteroatoms. The third-order valence-corrected chi connectivity index (χ3v) is 4.48. The van der Waals surface area contributed by atoms with Crippen molar-refractivity contribution in [1.29, 1.82) is 5.26 Å². The molecule has 0 aliphatic rings. The first kappa shape index (κ1) is 24.0. The van der Waals surface area contributed by atoms with Crippen LogP contribution in [0.1, 0.15) is 22.8 Å². The van der Waals surface area contributed by atoms with Gasteiger partial charge in [-0.25, -0.2) is 8.42 Å². The molecule has 0 radical (unpaired) electrons. The van der Waals surface area contributed by atoms with Gasteiger partial charge in [-0.05, 0) is 25.1 Å². The number of primary amides is 1.